The highest BCUT2D eigenvalue weighted by Gasteiger charge is 2.58. The van der Waals surface area contributed by atoms with Gasteiger partial charge >= 0.3 is 12.1 Å². The minimum absolute atomic E-state index is 0.105. The smallest absolute Gasteiger partial charge is 0.431 e. The van der Waals surface area contributed by atoms with E-state index in [2.05, 4.69) is 4.99 Å². The van der Waals surface area contributed by atoms with Crippen molar-refractivity contribution >= 4 is 23.1 Å². The van der Waals surface area contributed by atoms with Crippen molar-refractivity contribution in [2.24, 2.45) is 10.4 Å². The van der Waals surface area contributed by atoms with Gasteiger partial charge in [0, 0.05) is 12.5 Å². The van der Waals surface area contributed by atoms with E-state index in [-0.39, 0.29) is 5.76 Å². The summed E-state index contributed by atoms with van der Waals surface area (Å²) in [6.07, 6.45) is -4.98. The number of halogens is 3. The third-order valence-electron chi connectivity index (χ3n) is 3.94. The molecule has 1 heterocycles. The van der Waals surface area contributed by atoms with Crippen molar-refractivity contribution in [1.82, 2.24) is 0 Å². The Morgan fingerprint density at radius 3 is 2.35 bits per heavy atom. The molecule has 0 aliphatic carbocycles. The largest absolute Gasteiger partial charge is 0.469 e. The number of esters is 1. The normalized spacial score (nSPS) is 14.4. The number of para-hydroxylation sites is 2. The molecule has 0 amide bonds. The van der Waals surface area contributed by atoms with Gasteiger partial charge in [-0.2, -0.15) is 18.4 Å². The average Bonchev–Trinajstić information content (AvgIpc) is 3.15. The van der Waals surface area contributed by atoms with Crippen LogP contribution < -0.4 is 0 Å². The molecule has 0 N–H and O–H groups in total. The molecule has 2 aromatic rings. The number of hydrogen-bond acceptors (Lipinski definition) is 7. The molecule has 164 valence electrons. The summed E-state index contributed by atoms with van der Waals surface area (Å²) in [6, 6.07) is 8.49. The van der Waals surface area contributed by atoms with Gasteiger partial charge in [0.15, 0.2) is 5.71 Å². The van der Waals surface area contributed by atoms with Crippen molar-refractivity contribution in [1.29, 1.82) is 5.26 Å². The lowest BCUT2D eigenvalue weighted by Gasteiger charge is -2.30. The molecule has 0 fully saturated rings. The van der Waals surface area contributed by atoms with Crippen LogP contribution in [-0.4, -0.2) is 28.4 Å². The first-order chi connectivity index (χ1) is 14.3. The van der Waals surface area contributed by atoms with Gasteiger partial charge in [0.05, 0.1) is 17.3 Å². The molecule has 8 nitrogen and oxygen atoms in total. The van der Waals surface area contributed by atoms with Crippen LogP contribution in [0.25, 0.3) is 0 Å². The lowest BCUT2D eigenvalue weighted by Crippen LogP contribution is -2.49. The van der Waals surface area contributed by atoms with E-state index in [0.717, 1.165) is 12.1 Å². The van der Waals surface area contributed by atoms with Crippen molar-refractivity contribution < 1.29 is 32.0 Å². The zero-order valence-corrected chi connectivity index (χ0v) is 16.8. The molecule has 31 heavy (non-hydrogen) atoms. The van der Waals surface area contributed by atoms with Crippen molar-refractivity contribution in [3.63, 3.8) is 0 Å². The Morgan fingerprint density at radius 1 is 1.23 bits per heavy atom. The third-order valence-corrected chi connectivity index (χ3v) is 3.94. The van der Waals surface area contributed by atoms with Gasteiger partial charge in [-0.15, -0.1) is 0 Å². The lowest BCUT2D eigenvalue weighted by molar-refractivity contribution is -0.384. The molecule has 0 bridgehead atoms. The van der Waals surface area contributed by atoms with Crippen molar-refractivity contribution in [3.8, 4) is 6.07 Å². The monoisotopic (exact) mass is 437 g/mol. The maximum Gasteiger partial charge on any atom is 0.431 e. The third kappa shape index (κ3) is 5.48. The number of carbonyl (C=O) groups excluding carboxylic acids is 1. The summed E-state index contributed by atoms with van der Waals surface area (Å²) in [7, 11) is 0. The zero-order chi connectivity index (χ0) is 23.4. The number of nitriles is 1. The van der Waals surface area contributed by atoms with Crippen LogP contribution in [-0.2, 0) is 16.0 Å². The molecule has 0 unspecified atom stereocenters. The second kappa shape index (κ2) is 8.59. The Kier molecular flexibility index (Phi) is 6.54. The number of nitro groups is 1. The number of nitrogens with zero attached hydrogens (tertiary/aromatic N) is 3. The first-order valence-corrected chi connectivity index (χ1v) is 8.87. The second-order valence-electron chi connectivity index (χ2n) is 7.48. The Labute approximate surface area is 175 Å². The number of aliphatic imine (C=N–C) groups is 1. The van der Waals surface area contributed by atoms with E-state index in [0.29, 0.717) is 0 Å². The Hall–Kier alpha value is -3.68. The van der Waals surface area contributed by atoms with Crippen LogP contribution in [0.1, 0.15) is 26.5 Å². The molecular formula is C20H18F3N3O5. The molecule has 1 aromatic carbocycles. The van der Waals surface area contributed by atoms with Gasteiger partial charge in [0.2, 0.25) is 5.41 Å². The molecule has 0 aliphatic rings. The van der Waals surface area contributed by atoms with E-state index >= 15 is 0 Å². The number of hydrogen-bond donors (Lipinski definition) is 0. The minimum atomic E-state index is -5.30. The topological polar surface area (TPSA) is 119 Å². The van der Waals surface area contributed by atoms with Crippen LogP contribution in [0.5, 0.6) is 0 Å². The van der Waals surface area contributed by atoms with E-state index in [1.165, 1.54) is 57.4 Å². The standard InChI is InChI=1S/C20H18F3N3O5/c1-18(2,3)31-17(27)19(12-24,11-13-7-6-10-30-13)16(20(21,22)23)25-14-8-4-5-9-15(14)26(28)29/h4-10H,11H2,1-3H3/t19-/m1/s1. The van der Waals surface area contributed by atoms with E-state index in [9.17, 15) is 33.3 Å². The first-order valence-electron chi connectivity index (χ1n) is 8.87. The Morgan fingerprint density at radius 2 is 1.87 bits per heavy atom. The summed E-state index contributed by atoms with van der Waals surface area (Å²) < 4.78 is 52.6. The van der Waals surface area contributed by atoms with E-state index in [1.807, 2.05) is 0 Å². The lowest BCUT2D eigenvalue weighted by atomic mass is 9.79. The number of carbonyl (C=O) groups is 1. The van der Waals surface area contributed by atoms with E-state index in [4.69, 9.17) is 9.15 Å². The molecule has 11 heteroatoms. The van der Waals surface area contributed by atoms with Crippen molar-refractivity contribution in [3.05, 3.63) is 58.5 Å². The summed E-state index contributed by atoms with van der Waals surface area (Å²) in [4.78, 5) is 26.7. The number of rotatable bonds is 6. The minimum Gasteiger partial charge on any atom is -0.469 e. The SMILES string of the molecule is CC(C)(C)OC(=O)[C@@](C#N)(Cc1ccco1)C(=Nc1ccccc1[N+](=O)[O-])C(F)(F)F. The fourth-order valence-electron chi connectivity index (χ4n) is 2.66. The maximum atomic E-state index is 14.2. The molecular weight excluding hydrogens is 419 g/mol. The molecule has 0 saturated carbocycles. The fraction of sp³-hybridized carbons (Fsp3) is 0.350. The number of benzene rings is 1. The van der Waals surface area contributed by atoms with Gasteiger partial charge in [0.1, 0.15) is 17.0 Å². The predicted molar refractivity (Wildman–Crippen MR) is 103 cm³/mol. The van der Waals surface area contributed by atoms with Gasteiger partial charge in [-0.25, -0.2) is 9.79 Å². The van der Waals surface area contributed by atoms with Crippen LogP contribution in [0.3, 0.4) is 0 Å². The molecule has 1 atom stereocenters. The molecule has 0 radical (unpaired) electrons. The van der Waals surface area contributed by atoms with Gasteiger partial charge in [-0.3, -0.25) is 10.1 Å². The second-order valence-corrected chi connectivity index (χ2v) is 7.48. The summed E-state index contributed by atoms with van der Waals surface area (Å²) in [5.74, 6) is -1.61. The van der Waals surface area contributed by atoms with Crippen LogP contribution in [0.2, 0.25) is 0 Å². The summed E-state index contributed by atoms with van der Waals surface area (Å²) in [5, 5.41) is 21.1. The highest BCUT2D eigenvalue weighted by Crippen LogP contribution is 2.39. The van der Waals surface area contributed by atoms with Gasteiger partial charge in [-0.1, -0.05) is 12.1 Å². The highest BCUT2D eigenvalue weighted by molar-refractivity contribution is 6.13. The molecule has 0 saturated heterocycles. The predicted octanol–water partition coefficient (Wildman–Crippen LogP) is 4.92. The Bertz CT molecular complexity index is 1030. The first kappa shape index (κ1) is 23.6. The van der Waals surface area contributed by atoms with Crippen LogP contribution >= 0.6 is 0 Å². The van der Waals surface area contributed by atoms with Gasteiger partial charge in [-0.05, 0) is 39.0 Å². The maximum absolute atomic E-state index is 14.2. The van der Waals surface area contributed by atoms with Crippen LogP contribution in [0.15, 0.2) is 52.1 Å². The average molecular weight is 437 g/mol. The molecule has 0 spiro atoms. The fourth-order valence-corrected chi connectivity index (χ4v) is 2.66. The zero-order valence-electron chi connectivity index (χ0n) is 16.8. The van der Waals surface area contributed by atoms with Gasteiger partial charge in [0.25, 0.3) is 5.69 Å². The number of furan rings is 1. The van der Waals surface area contributed by atoms with E-state index < -0.39 is 51.6 Å². The van der Waals surface area contributed by atoms with Crippen molar-refractivity contribution in [2.45, 2.75) is 39.0 Å². The van der Waals surface area contributed by atoms with Crippen LogP contribution in [0, 0.1) is 26.9 Å². The number of ether oxygens (including phenoxy) is 1. The van der Waals surface area contributed by atoms with Crippen molar-refractivity contribution in [2.75, 3.05) is 0 Å². The molecule has 1 aromatic heterocycles. The number of alkyl halides is 3. The summed E-state index contributed by atoms with van der Waals surface area (Å²) in [5.41, 5.74) is -7.44. The number of nitro benzene ring substituents is 1. The van der Waals surface area contributed by atoms with Crippen LogP contribution in [0.4, 0.5) is 24.5 Å². The van der Waals surface area contributed by atoms with E-state index in [1.54, 1.807) is 0 Å². The highest BCUT2D eigenvalue weighted by atomic mass is 19.4. The molecule has 0 aliphatic heterocycles. The van der Waals surface area contributed by atoms with Gasteiger partial charge < -0.3 is 9.15 Å². The summed E-state index contributed by atoms with van der Waals surface area (Å²) in [6.45, 7) is 4.27. The quantitative estimate of drug-likeness (QED) is 0.274. The summed E-state index contributed by atoms with van der Waals surface area (Å²) >= 11 is 0. The Balaban J connectivity index is 2.81. The molecule has 2 rings (SSSR count).